The number of carbonyl (C=O) groups is 3. The second kappa shape index (κ2) is 8.73. The lowest BCUT2D eigenvalue weighted by atomic mass is 10.0. The predicted molar refractivity (Wildman–Crippen MR) is 103 cm³/mol. The molecule has 0 amide bonds. The molecular formula is C21H29NO6. The third-order valence-electron chi connectivity index (χ3n) is 4.67. The Morgan fingerprint density at radius 2 is 1.61 bits per heavy atom. The van der Waals surface area contributed by atoms with Crippen LogP contribution in [0.15, 0.2) is 30.3 Å². The SMILES string of the molecule is COC(=O)CC(CC(=O)OC)N[C@]1(C(=O)OC(C)(C)C)C[C@H]1c1ccccc1. The van der Waals surface area contributed by atoms with Gasteiger partial charge in [0.05, 0.1) is 27.1 Å². The van der Waals surface area contributed by atoms with Crippen molar-refractivity contribution in [2.24, 2.45) is 0 Å². The number of ether oxygens (including phenoxy) is 3. The van der Waals surface area contributed by atoms with Gasteiger partial charge >= 0.3 is 17.9 Å². The van der Waals surface area contributed by atoms with Gasteiger partial charge in [-0.15, -0.1) is 0 Å². The molecule has 7 heteroatoms. The van der Waals surface area contributed by atoms with E-state index in [-0.39, 0.29) is 18.8 Å². The molecule has 7 nitrogen and oxygen atoms in total. The smallest absolute Gasteiger partial charge is 0.327 e. The maximum Gasteiger partial charge on any atom is 0.327 e. The van der Waals surface area contributed by atoms with Crippen LogP contribution in [0.3, 0.4) is 0 Å². The van der Waals surface area contributed by atoms with Gasteiger partial charge in [0.15, 0.2) is 0 Å². The summed E-state index contributed by atoms with van der Waals surface area (Å²) in [4.78, 5) is 36.7. The van der Waals surface area contributed by atoms with E-state index in [1.807, 2.05) is 30.3 Å². The van der Waals surface area contributed by atoms with E-state index in [0.29, 0.717) is 6.42 Å². The molecule has 28 heavy (non-hydrogen) atoms. The molecular weight excluding hydrogens is 362 g/mol. The summed E-state index contributed by atoms with van der Waals surface area (Å²) in [7, 11) is 2.57. The van der Waals surface area contributed by atoms with Gasteiger partial charge in [-0.25, -0.2) is 0 Å². The average Bonchev–Trinajstić information content (AvgIpc) is 3.36. The Bertz CT molecular complexity index is 693. The Balaban J connectivity index is 2.28. The van der Waals surface area contributed by atoms with Gasteiger partial charge in [-0.2, -0.15) is 0 Å². The molecule has 0 heterocycles. The van der Waals surface area contributed by atoms with Crippen LogP contribution in [0.4, 0.5) is 0 Å². The second-order valence-electron chi connectivity index (χ2n) is 8.04. The lowest BCUT2D eigenvalue weighted by molar-refractivity contribution is -0.160. The van der Waals surface area contributed by atoms with E-state index < -0.39 is 35.1 Å². The zero-order valence-electron chi connectivity index (χ0n) is 17.1. The van der Waals surface area contributed by atoms with Crippen molar-refractivity contribution in [3.63, 3.8) is 0 Å². The predicted octanol–water partition coefficient (Wildman–Crippen LogP) is 2.34. The van der Waals surface area contributed by atoms with Crippen molar-refractivity contribution in [2.75, 3.05) is 14.2 Å². The van der Waals surface area contributed by atoms with Gasteiger partial charge < -0.3 is 14.2 Å². The quantitative estimate of drug-likeness (QED) is 0.537. The summed E-state index contributed by atoms with van der Waals surface area (Å²) in [5.74, 6) is -1.45. The molecule has 0 radical (unpaired) electrons. The van der Waals surface area contributed by atoms with Crippen LogP contribution in [0.2, 0.25) is 0 Å². The zero-order valence-corrected chi connectivity index (χ0v) is 17.1. The Morgan fingerprint density at radius 1 is 1.07 bits per heavy atom. The van der Waals surface area contributed by atoms with Gasteiger partial charge in [-0.05, 0) is 32.8 Å². The minimum atomic E-state index is -0.999. The molecule has 1 aromatic carbocycles. The van der Waals surface area contributed by atoms with E-state index in [2.05, 4.69) is 5.32 Å². The fourth-order valence-corrected chi connectivity index (χ4v) is 3.27. The monoisotopic (exact) mass is 391 g/mol. The van der Waals surface area contributed by atoms with Gasteiger partial charge in [0.2, 0.25) is 0 Å². The van der Waals surface area contributed by atoms with Crippen LogP contribution >= 0.6 is 0 Å². The number of methoxy groups -OCH3 is 2. The van der Waals surface area contributed by atoms with Gasteiger partial charge in [-0.3, -0.25) is 19.7 Å². The first-order chi connectivity index (χ1) is 13.1. The molecule has 2 rings (SSSR count). The first-order valence-electron chi connectivity index (χ1n) is 9.31. The molecule has 0 aliphatic heterocycles. The molecule has 0 spiro atoms. The Labute approximate surface area is 165 Å². The molecule has 0 saturated heterocycles. The fraction of sp³-hybridized carbons (Fsp3) is 0.571. The van der Waals surface area contributed by atoms with Crippen LogP contribution in [0.5, 0.6) is 0 Å². The highest BCUT2D eigenvalue weighted by Gasteiger charge is 2.63. The lowest BCUT2D eigenvalue weighted by Gasteiger charge is -2.28. The van der Waals surface area contributed by atoms with Gasteiger partial charge in [0.1, 0.15) is 11.1 Å². The summed E-state index contributed by atoms with van der Waals surface area (Å²) in [6.45, 7) is 5.41. The number of esters is 3. The van der Waals surface area contributed by atoms with E-state index in [1.165, 1.54) is 14.2 Å². The normalized spacial score (nSPS) is 21.1. The number of benzene rings is 1. The Hall–Kier alpha value is -2.41. The first-order valence-corrected chi connectivity index (χ1v) is 9.31. The topological polar surface area (TPSA) is 90.9 Å². The lowest BCUT2D eigenvalue weighted by Crippen LogP contribution is -2.50. The van der Waals surface area contributed by atoms with Crippen molar-refractivity contribution < 1.29 is 28.6 Å². The van der Waals surface area contributed by atoms with E-state index in [0.717, 1.165) is 5.56 Å². The highest BCUT2D eigenvalue weighted by molar-refractivity contribution is 5.88. The van der Waals surface area contributed by atoms with Crippen LogP contribution in [-0.2, 0) is 28.6 Å². The van der Waals surface area contributed by atoms with Crippen molar-refractivity contribution in [1.82, 2.24) is 5.32 Å². The number of hydrogen-bond acceptors (Lipinski definition) is 7. The third kappa shape index (κ3) is 5.55. The minimum Gasteiger partial charge on any atom is -0.469 e. The van der Waals surface area contributed by atoms with Crippen molar-refractivity contribution >= 4 is 17.9 Å². The van der Waals surface area contributed by atoms with Gasteiger partial charge in [0.25, 0.3) is 0 Å². The van der Waals surface area contributed by atoms with E-state index >= 15 is 0 Å². The number of carbonyl (C=O) groups excluding carboxylic acids is 3. The summed E-state index contributed by atoms with van der Waals surface area (Å²) < 4.78 is 15.1. The molecule has 154 valence electrons. The Kier molecular flexibility index (Phi) is 6.82. The fourth-order valence-electron chi connectivity index (χ4n) is 3.27. The molecule has 1 fully saturated rings. The molecule has 2 atom stereocenters. The summed E-state index contributed by atoms with van der Waals surface area (Å²) >= 11 is 0. The van der Waals surface area contributed by atoms with Crippen LogP contribution in [0.25, 0.3) is 0 Å². The summed E-state index contributed by atoms with van der Waals surface area (Å²) in [6.07, 6.45) is 0.403. The second-order valence-corrected chi connectivity index (χ2v) is 8.04. The maximum atomic E-state index is 13.1. The van der Waals surface area contributed by atoms with Crippen molar-refractivity contribution in [3.8, 4) is 0 Å². The summed E-state index contributed by atoms with van der Waals surface area (Å²) in [5.41, 5.74) is -0.660. The molecule has 1 saturated carbocycles. The van der Waals surface area contributed by atoms with Crippen molar-refractivity contribution in [1.29, 1.82) is 0 Å². The highest BCUT2D eigenvalue weighted by Crippen LogP contribution is 2.53. The highest BCUT2D eigenvalue weighted by atomic mass is 16.6. The molecule has 1 aliphatic carbocycles. The number of hydrogen-bond donors (Lipinski definition) is 1. The largest absolute Gasteiger partial charge is 0.469 e. The molecule has 0 aromatic heterocycles. The van der Waals surface area contributed by atoms with Gasteiger partial charge in [-0.1, -0.05) is 30.3 Å². The minimum absolute atomic E-state index is 0.0579. The van der Waals surface area contributed by atoms with Gasteiger partial charge in [0, 0.05) is 12.0 Å². The molecule has 0 bridgehead atoms. The molecule has 0 unspecified atom stereocenters. The zero-order chi connectivity index (χ0) is 20.9. The number of rotatable bonds is 8. The summed E-state index contributed by atoms with van der Waals surface area (Å²) in [6, 6.07) is 9.02. The van der Waals surface area contributed by atoms with Crippen LogP contribution in [-0.4, -0.2) is 49.3 Å². The average molecular weight is 391 g/mol. The number of nitrogens with one attached hydrogen (secondary N) is 1. The first kappa shape index (κ1) is 21.9. The van der Waals surface area contributed by atoms with Crippen LogP contribution in [0, 0.1) is 0 Å². The Morgan fingerprint density at radius 3 is 2.07 bits per heavy atom. The van der Waals surface area contributed by atoms with Crippen LogP contribution < -0.4 is 5.32 Å². The van der Waals surface area contributed by atoms with Crippen molar-refractivity contribution in [2.45, 2.75) is 63.1 Å². The van der Waals surface area contributed by atoms with E-state index in [1.54, 1.807) is 20.8 Å². The molecule has 1 N–H and O–H groups in total. The molecule has 1 aromatic rings. The van der Waals surface area contributed by atoms with Crippen molar-refractivity contribution in [3.05, 3.63) is 35.9 Å². The third-order valence-corrected chi connectivity index (χ3v) is 4.67. The standard InChI is InChI=1S/C21H29NO6/c1-20(2,3)28-19(25)21(13-16(21)14-9-7-6-8-10-14)22-15(11-17(23)26-4)12-18(24)27-5/h6-10,15-16,22H,11-13H2,1-5H3/t16-,21+/m0/s1. The molecule has 1 aliphatic rings. The van der Waals surface area contributed by atoms with E-state index in [9.17, 15) is 14.4 Å². The van der Waals surface area contributed by atoms with Crippen LogP contribution in [0.1, 0.15) is 51.5 Å². The summed E-state index contributed by atoms with van der Waals surface area (Å²) in [5, 5.41) is 3.23. The maximum absolute atomic E-state index is 13.1. The van der Waals surface area contributed by atoms with E-state index in [4.69, 9.17) is 14.2 Å².